The monoisotopic (exact) mass is 219 g/mol. The zero-order chi connectivity index (χ0) is 11.4. The number of hydrogen-bond acceptors (Lipinski definition) is 5. The van der Waals surface area contributed by atoms with Crippen LogP contribution in [0.2, 0.25) is 0 Å². The summed E-state index contributed by atoms with van der Waals surface area (Å²) in [6, 6.07) is 7.71. The van der Waals surface area contributed by atoms with Crippen molar-refractivity contribution in [3.8, 4) is 5.75 Å². The summed E-state index contributed by atoms with van der Waals surface area (Å²) in [5, 5.41) is 10.7. The predicted molar refractivity (Wildman–Crippen MR) is 59.4 cm³/mol. The number of nitrogens with one attached hydrogen (secondary N) is 1. The molecule has 0 atom stereocenters. The number of ether oxygens (including phenoxy) is 1. The van der Waals surface area contributed by atoms with Crippen molar-refractivity contribution in [1.29, 1.82) is 0 Å². The molecule has 0 amide bonds. The quantitative estimate of drug-likeness (QED) is 0.852. The van der Waals surface area contributed by atoms with Gasteiger partial charge in [0.05, 0.1) is 19.3 Å². The zero-order valence-electron chi connectivity index (χ0n) is 9.23. The number of para-hydroxylation sites is 2. The van der Waals surface area contributed by atoms with Crippen molar-refractivity contribution in [3.63, 3.8) is 0 Å². The molecule has 5 heteroatoms. The van der Waals surface area contributed by atoms with Gasteiger partial charge in [0.25, 0.3) is 0 Å². The van der Waals surface area contributed by atoms with Gasteiger partial charge in [-0.05, 0) is 19.1 Å². The summed E-state index contributed by atoms with van der Waals surface area (Å²) < 4.78 is 9.84. The van der Waals surface area contributed by atoms with Gasteiger partial charge in [-0.15, -0.1) is 0 Å². The minimum atomic E-state index is 0.565. The average Bonchev–Trinajstić information content (AvgIpc) is 2.72. The highest BCUT2D eigenvalue weighted by molar-refractivity contribution is 5.56. The van der Waals surface area contributed by atoms with Crippen LogP contribution in [0.5, 0.6) is 5.75 Å². The third kappa shape index (κ3) is 2.13. The van der Waals surface area contributed by atoms with E-state index < -0.39 is 0 Å². The molecule has 0 saturated carbocycles. The van der Waals surface area contributed by atoms with Gasteiger partial charge >= 0.3 is 0 Å². The smallest absolute Gasteiger partial charge is 0.141 e. The molecule has 1 N–H and O–H groups in total. The number of benzene rings is 1. The minimum absolute atomic E-state index is 0.565. The number of aromatic nitrogens is 2. The van der Waals surface area contributed by atoms with Crippen molar-refractivity contribution in [1.82, 2.24) is 10.3 Å². The molecule has 16 heavy (non-hydrogen) atoms. The minimum Gasteiger partial charge on any atom is -0.495 e. The lowest BCUT2D eigenvalue weighted by molar-refractivity contribution is 0.301. The van der Waals surface area contributed by atoms with Crippen molar-refractivity contribution in [3.05, 3.63) is 35.7 Å². The second-order valence-corrected chi connectivity index (χ2v) is 3.35. The first-order valence-corrected chi connectivity index (χ1v) is 4.96. The van der Waals surface area contributed by atoms with E-state index in [1.165, 1.54) is 0 Å². The molecule has 0 fully saturated rings. The molecule has 0 unspecified atom stereocenters. The zero-order valence-corrected chi connectivity index (χ0v) is 9.23. The molecule has 1 aromatic carbocycles. The van der Waals surface area contributed by atoms with Gasteiger partial charge in [-0.1, -0.05) is 22.4 Å². The number of hydrogen-bond donors (Lipinski definition) is 1. The number of aryl methyl sites for hydroxylation is 1. The van der Waals surface area contributed by atoms with Crippen LogP contribution in [0.4, 0.5) is 5.69 Å². The molecule has 0 radical (unpaired) electrons. The maximum absolute atomic E-state index is 5.22. The Morgan fingerprint density at radius 1 is 1.31 bits per heavy atom. The van der Waals surface area contributed by atoms with Crippen LogP contribution in [0.3, 0.4) is 0 Å². The van der Waals surface area contributed by atoms with Crippen LogP contribution < -0.4 is 10.1 Å². The van der Waals surface area contributed by atoms with Crippen LogP contribution in [0.25, 0.3) is 0 Å². The maximum atomic E-state index is 5.22. The second-order valence-electron chi connectivity index (χ2n) is 3.35. The number of anilines is 1. The standard InChI is InChI=1S/C11H13N3O2/c1-8-10(14-16-13-8)7-12-9-5-3-4-6-11(9)15-2/h3-6,12H,7H2,1-2H3. The number of nitrogens with zero attached hydrogens (tertiary/aromatic N) is 2. The fraction of sp³-hybridized carbons (Fsp3) is 0.273. The van der Waals surface area contributed by atoms with Crippen molar-refractivity contribution < 1.29 is 9.37 Å². The largest absolute Gasteiger partial charge is 0.495 e. The van der Waals surface area contributed by atoms with Gasteiger partial charge in [-0.2, -0.15) is 0 Å². The van der Waals surface area contributed by atoms with Crippen molar-refractivity contribution >= 4 is 5.69 Å². The van der Waals surface area contributed by atoms with Crippen molar-refractivity contribution in [2.75, 3.05) is 12.4 Å². The molecule has 5 nitrogen and oxygen atoms in total. The van der Waals surface area contributed by atoms with E-state index in [1.54, 1.807) is 7.11 Å². The first-order valence-electron chi connectivity index (χ1n) is 4.96. The van der Waals surface area contributed by atoms with E-state index in [0.717, 1.165) is 22.8 Å². The summed E-state index contributed by atoms with van der Waals surface area (Å²) >= 11 is 0. The van der Waals surface area contributed by atoms with Gasteiger partial charge < -0.3 is 10.1 Å². The molecule has 1 heterocycles. The first-order chi connectivity index (χ1) is 7.81. The van der Waals surface area contributed by atoms with Crippen LogP contribution in [0, 0.1) is 6.92 Å². The molecule has 2 aromatic rings. The number of rotatable bonds is 4. The highest BCUT2D eigenvalue weighted by Crippen LogP contribution is 2.23. The molecule has 0 spiro atoms. The van der Waals surface area contributed by atoms with E-state index >= 15 is 0 Å². The van der Waals surface area contributed by atoms with Gasteiger partial charge in [-0.3, -0.25) is 0 Å². The lowest BCUT2D eigenvalue weighted by atomic mass is 10.2. The number of methoxy groups -OCH3 is 1. The highest BCUT2D eigenvalue weighted by atomic mass is 16.6. The van der Waals surface area contributed by atoms with E-state index in [4.69, 9.17) is 4.74 Å². The third-order valence-electron chi connectivity index (χ3n) is 2.30. The molecular weight excluding hydrogens is 206 g/mol. The summed E-state index contributed by atoms with van der Waals surface area (Å²) in [4.78, 5) is 0. The van der Waals surface area contributed by atoms with Crippen LogP contribution in [0.1, 0.15) is 11.4 Å². The van der Waals surface area contributed by atoms with Crippen molar-refractivity contribution in [2.45, 2.75) is 13.5 Å². The fourth-order valence-corrected chi connectivity index (χ4v) is 1.38. The first kappa shape index (κ1) is 10.5. The highest BCUT2D eigenvalue weighted by Gasteiger charge is 2.06. The lowest BCUT2D eigenvalue weighted by Gasteiger charge is -2.09. The Hall–Kier alpha value is -2.04. The molecule has 0 aliphatic rings. The fourth-order valence-electron chi connectivity index (χ4n) is 1.38. The van der Waals surface area contributed by atoms with Gasteiger partial charge in [0, 0.05) is 0 Å². The van der Waals surface area contributed by atoms with E-state index in [1.807, 2.05) is 31.2 Å². The predicted octanol–water partition coefficient (Wildman–Crippen LogP) is 2.00. The Bertz CT molecular complexity index is 468. The third-order valence-corrected chi connectivity index (χ3v) is 2.30. The molecule has 0 bridgehead atoms. The normalized spacial score (nSPS) is 10.1. The summed E-state index contributed by atoms with van der Waals surface area (Å²) in [7, 11) is 1.64. The van der Waals surface area contributed by atoms with E-state index in [2.05, 4.69) is 20.3 Å². The summed E-state index contributed by atoms with van der Waals surface area (Å²) in [5.41, 5.74) is 2.51. The Balaban J connectivity index is 2.07. The molecule has 0 aliphatic heterocycles. The SMILES string of the molecule is COc1ccccc1NCc1nonc1C. The summed E-state index contributed by atoms with van der Waals surface area (Å²) in [6.45, 7) is 2.42. The molecule has 84 valence electrons. The summed E-state index contributed by atoms with van der Waals surface area (Å²) in [5.74, 6) is 0.802. The van der Waals surface area contributed by atoms with Crippen molar-refractivity contribution in [2.24, 2.45) is 0 Å². The van der Waals surface area contributed by atoms with Crippen LogP contribution in [0.15, 0.2) is 28.9 Å². The summed E-state index contributed by atoms with van der Waals surface area (Å²) in [6.07, 6.45) is 0. The average molecular weight is 219 g/mol. The molecule has 2 rings (SSSR count). The Kier molecular flexibility index (Phi) is 3.05. The maximum Gasteiger partial charge on any atom is 0.141 e. The van der Waals surface area contributed by atoms with Crippen LogP contribution in [-0.4, -0.2) is 17.4 Å². The molecule has 0 saturated heterocycles. The van der Waals surface area contributed by atoms with E-state index in [0.29, 0.717) is 6.54 Å². The van der Waals surface area contributed by atoms with Crippen LogP contribution >= 0.6 is 0 Å². The molecule has 0 aliphatic carbocycles. The van der Waals surface area contributed by atoms with Gasteiger partial charge in [0.1, 0.15) is 17.1 Å². The van der Waals surface area contributed by atoms with E-state index in [-0.39, 0.29) is 0 Å². The van der Waals surface area contributed by atoms with Gasteiger partial charge in [-0.25, -0.2) is 4.63 Å². The van der Waals surface area contributed by atoms with Gasteiger partial charge in [0.15, 0.2) is 0 Å². The lowest BCUT2D eigenvalue weighted by Crippen LogP contribution is -2.02. The second kappa shape index (κ2) is 4.65. The molecule has 1 aromatic heterocycles. The molecular formula is C11H13N3O2. The van der Waals surface area contributed by atoms with Crippen LogP contribution in [-0.2, 0) is 6.54 Å². The van der Waals surface area contributed by atoms with Gasteiger partial charge in [0.2, 0.25) is 0 Å². The Morgan fingerprint density at radius 3 is 2.81 bits per heavy atom. The van der Waals surface area contributed by atoms with E-state index in [9.17, 15) is 0 Å². The Morgan fingerprint density at radius 2 is 2.12 bits per heavy atom. The Labute approximate surface area is 93.4 Å². The topological polar surface area (TPSA) is 60.2 Å².